The molecule has 0 radical (unpaired) electrons. The number of rotatable bonds is 5. The second kappa shape index (κ2) is 4.84. The van der Waals surface area contributed by atoms with Crippen LogP contribution in [0.2, 0.25) is 0 Å². The maximum absolute atomic E-state index is 11.1. The fraction of sp³-hybridized carbons (Fsp3) is 0.222. The van der Waals surface area contributed by atoms with Gasteiger partial charge >= 0.3 is 0 Å². The first-order chi connectivity index (χ1) is 7.38. The summed E-state index contributed by atoms with van der Waals surface area (Å²) in [7, 11) is -3.35. The number of nitrogens with two attached hydrogens (primary N) is 1. The van der Waals surface area contributed by atoms with E-state index in [0.717, 1.165) is 6.26 Å². The lowest BCUT2D eigenvalue weighted by molar-refractivity contribution is 0.376. The SMILES string of the molecule is CS(=O)(=O)Nc1ccccc1OCC(=N)N. The van der Waals surface area contributed by atoms with E-state index in [4.69, 9.17) is 15.9 Å². The van der Waals surface area contributed by atoms with Crippen LogP contribution >= 0.6 is 0 Å². The largest absolute Gasteiger partial charge is 0.484 e. The summed E-state index contributed by atoms with van der Waals surface area (Å²) in [5.74, 6) is 0.206. The Bertz CT molecular complexity index is 485. The predicted molar refractivity (Wildman–Crippen MR) is 62.3 cm³/mol. The minimum Gasteiger partial charge on any atom is -0.484 e. The average molecular weight is 243 g/mol. The Hall–Kier alpha value is -1.76. The van der Waals surface area contributed by atoms with E-state index in [9.17, 15) is 8.42 Å². The molecule has 0 heterocycles. The van der Waals surface area contributed by atoms with E-state index in [0.29, 0.717) is 11.4 Å². The van der Waals surface area contributed by atoms with Crippen LogP contribution in [0.5, 0.6) is 5.75 Å². The maximum atomic E-state index is 11.1. The van der Waals surface area contributed by atoms with Crippen LogP contribution in [0, 0.1) is 5.41 Å². The zero-order chi connectivity index (χ0) is 12.2. The van der Waals surface area contributed by atoms with Gasteiger partial charge in [0.1, 0.15) is 18.2 Å². The molecule has 16 heavy (non-hydrogen) atoms. The number of amidine groups is 1. The number of benzene rings is 1. The molecule has 0 spiro atoms. The van der Waals surface area contributed by atoms with Gasteiger partial charge < -0.3 is 10.5 Å². The molecule has 0 fully saturated rings. The van der Waals surface area contributed by atoms with Crippen molar-refractivity contribution in [2.24, 2.45) is 5.73 Å². The molecule has 1 rings (SSSR count). The quantitative estimate of drug-likeness (QED) is 0.513. The van der Waals surface area contributed by atoms with Gasteiger partial charge in [0, 0.05) is 0 Å². The summed E-state index contributed by atoms with van der Waals surface area (Å²) in [5.41, 5.74) is 5.46. The van der Waals surface area contributed by atoms with Crippen molar-refractivity contribution in [1.82, 2.24) is 0 Å². The van der Waals surface area contributed by atoms with E-state index in [-0.39, 0.29) is 12.4 Å². The zero-order valence-electron chi connectivity index (χ0n) is 8.73. The van der Waals surface area contributed by atoms with Crippen LogP contribution in [0.15, 0.2) is 24.3 Å². The van der Waals surface area contributed by atoms with Gasteiger partial charge in [-0.15, -0.1) is 0 Å². The summed E-state index contributed by atoms with van der Waals surface area (Å²) >= 11 is 0. The molecule has 0 aliphatic heterocycles. The number of para-hydroxylation sites is 2. The number of nitrogens with one attached hydrogen (secondary N) is 2. The summed E-state index contributed by atoms with van der Waals surface area (Å²) in [6, 6.07) is 6.53. The second-order valence-corrected chi connectivity index (χ2v) is 4.93. The van der Waals surface area contributed by atoms with Crippen molar-refractivity contribution in [2.75, 3.05) is 17.6 Å². The summed E-state index contributed by atoms with van der Waals surface area (Å²) < 4.78 is 29.6. The molecular formula is C9H13N3O3S. The highest BCUT2D eigenvalue weighted by atomic mass is 32.2. The Balaban J connectivity index is 2.87. The van der Waals surface area contributed by atoms with Crippen LogP contribution in [-0.4, -0.2) is 27.1 Å². The Morgan fingerprint density at radius 3 is 2.69 bits per heavy atom. The highest BCUT2D eigenvalue weighted by Crippen LogP contribution is 2.24. The molecule has 0 aliphatic carbocycles. The maximum Gasteiger partial charge on any atom is 0.229 e. The Morgan fingerprint density at radius 1 is 1.50 bits per heavy atom. The minimum atomic E-state index is -3.35. The van der Waals surface area contributed by atoms with Crippen molar-refractivity contribution in [3.63, 3.8) is 0 Å². The molecule has 6 nitrogen and oxygen atoms in total. The molecule has 0 bridgehead atoms. The summed E-state index contributed by atoms with van der Waals surface area (Å²) in [6.07, 6.45) is 1.05. The lowest BCUT2D eigenvalue weighted by Gasteiger charge is -2.11. The Kier molecular flexibility index (Phi) is 3.73. The van der Waals surface area contributed by atoms with Crippen molar-refractivity contribution in [1.29, 1.82) is 5.41 Å². The van der Waals surface area contributed by atoms with Crippen molar-refractivity contribution in [3.8, 4) is 5.75 Å². The van der Waals surface area contributed by atoms with E-state index >= 15 is 0 Å². The normalized spacial score (nSPS) is 10.8. The van der Waals surface area contributed by atoms with Gasteiger partial charge in [0.15, 0.2) is 0 Å². The monoisotopic (exact) mass is 243 g/mol. The van der Waals surface area contributed by atoms with Gasteiger partial charge in [-0.25, -0.2) is 8.42 Å². The Labute approximate surface area is 94.0 Å². The zero-order valence-corrected chi connectivity index (χ0v) is 9.54. The first kappa shape index (κ1) is 12.3. The first-order valence-corrected chi connectivity index (χ1v) is 6.30. The van der Waals surface area contributed by atoms with Crippen LogP contribution in [0.3, 0.4) is 0 Å². The van der Waals surface area contributed by atoms with Crippen molar-refractivity contribution in [2.45, 2.75) is 0 Å². The van der Waals surface area contributed by atoms with Crippen LogP contribution in [-0.2, 0) is 10.0 Å². The molecule has 7 heteroatoms. The van der Waals surface area contributed by atoms with Crippen molar-refractivity contribution in [3.05, 3.63) is 24.3 Å². The molecule has 88 valence electrons. The Morgan fingerprint density at radius 2 is 2.12 bits per heavy atom. The standard InChI is InChI=1S/C9H13N3O3S/c1-16(13,14)12-7-4-2-3-5-8(7)15-6-9(10)11/h2-5,12H,6H2,1H3,(H3,10,11). The molecule has 0 saturated carbocycles. The third-order valence-electron chi connectivity index (χ3n) is 1.57. The van der Waals surface area contributed by atoms with Crippen molar-refractivity contribution < 1.29 is 13.2 Å². The molecule has 0 amide bonds. The fourth-order valence-electron chi connectivity index (χ4n) is 1.03. The summed E-state index contributed by atoms with van der Waals surface area (Å²) in [6.45, 7) is -0.0809. The number of sulfonamides is 1. The lowest BCUT2D eigenvalue weighted by atomic mass is 10.3. The van der Waals surface area contributed by atoms with E-state index in [1.165, 1.54) is 0 Å². The van der Waals surface area contributed by atoms with Crippen LogP contribution in [0.4, 0.5) is 5.69 Å². The number of ether oxygens (including phenoxy) is 1. The van der Waals surface area contributed by atoms with E-state index < -0.39 is 10.0 Å². The van der Waals surface area contributed by atoms with E-state index in [2.05, 4.69) is 4.72 Å². The average Bonchev–Trinajstić information content (AvgIpc) is 2.14. The molecule has 1 aromatic carbocycles. The molecule has 0 saturated heterocycles. The van der Waals surface area contributed by atoms with Gasteiger partial charge in [-0.05, 0) is 12.1 Å². The predicted octanol–water partition coefficient (Wildman–Crippen LogP) is 0.373. The highest BCUT2D eigenvalue weighted by molar-refractivity contribution is 7.92. The molecule has 0 aliphatic rings. The molecule has 4 N–H and O–H groups in total. The van der Waals surface area contributed by atoms with Crippen LogP contribution in [0.1, 0.15) is 0 Å². The van der Waals surface area contributed by atoms with Crippen LogP contribution in [0.25, 0.3) is 0 Å². The van der Waals surface area contributed by atoms with Crippen LogP contribution < -0.4 is 15.2 Å². The van der Waals surface area contributed by atoms with E-state index in [1.807, 2.05) is 0 Å². The fourth-order valence-corrected chi connectivity index (χ4v) is 1.60. The third kappa shape index (κ3) is 4.18. The number of hydrogen-bond acceptors (Lipinski definition) is 4. The van der Waals surface area contributed by atoms with Gasteiger partial charge in [-0.1, -0.05) is 12.1 Å². The highest BCUT2D eigenvalue weighted by Gasteiger charge is 2.07. The van der Waals surface area contributed by atoms with E-state index in [1.54, 1.807) is 24.3 Å². The number of anilines is 1. The second-order valence-electron chi connectivity index (χ2n) is 3.18. The molecule has 1 aromatic rings. The first-order valence-electron chi connectivity index (χ1n) is 4.41. The summed E-state index contributed by atoms with van der Waals surface area (Å²) in [5, 5.41) is 7.01. The van der Waals surface area contributed by atoms with Gasteiger partial charge in [-0.3, -0.25) is 10.1 Å². The molecular weight excluding hydrogens is 230 g/mol. The number of hydrogen-bond donors (Lipinski definition) is 3. The smallest absolute Gasteiger partial charge is 0.229 e. The lowest BCUT2D eigenvalue weighted by Crippen LogP contribution is -2.20. The third-order valence-corrected chi connectivity index (χ3v) is 2.16. The molecule has 0 atom stereocenters. The van der Waals surface area contributed by atoms with Gasteiger partial charge in [-0.2, -0.15) is 0 Å². The van der Waals surface area contributed by atoms with Gasteiger partial charge in [0.05, 0.1) is 11.9 Å². The minimum absolute atomic E-state index is 0.0809. The van der Waals surface area contributed by atoms with Crippen molar-refractivity contribution >= 4 is 21.5 Å². The topological polar surface area (TPSA) is 105 Å². The molecule has 0 aromatic heterocycles. The summed E-state index contributed by atoms with van der Waals surface area (Å²) in [4.78, 5) is 0. The van der Waals surface area contributed by atoms with Gasteiger partial charge in [0.25, 0.3) is 0 Å². The van der Waals surface area contributed by atoms with Gasteiger partial charge in [0.2, 0.25) is 10.0 Å². The molecule has 0 unspecified atom stereocenters.